The lowest BCUT2D eigenvalue weighted by Gasteiger charge is -2.12. The number of para-hydroxylation sites is 1. The van der Waals surface area contributed by atoms with Gasteiger partial charge in [0.2, 0.25) is 5.91 Å². The summed E-state index contributed by atoms with van der Waals surface area (Å²) in [5.41, 5.74) is 0.848. The normalized spacial score (nSPS) is 9.69. The highest BCUT2D eigenvalue weighted by Gasteiger charge is 2.09. The van der Waals surface area contributed by atoms with E-state index < -0.39 is 0 Å². The van der Waals surface area contributed by atoms with Crippen molar-refractivity contribution in [2.24, 2.45) is 0 Å². The molecule has 0 fully saturated rings. The first kappa shape index (κ1) is 12.6. The molecular formula is C11H14ClNO3. The topological polar surface area (TPSA) is 47.6 Å². The second-order valence-corrected chi connectivity index (χ2v) is 3.33. The molecule has 0 aliphatic rings. The van der Waals surface area contributed by atoms with Gasteiger partial charge in [0.25, 0.3) is 0 Å². The predicted octanol–water partition coefficient (Wildman–Crippen LogP) is 1.56. The van der Waals surface area contributed by atoms with E-state index in [4.69, 9.17) is 21.1 Å². The number of halogens is 1. The SMILES string of the molecule is COc1cccc(CNC(=O)CCl)c1OC. The molecule has 0 atom stereocenters. The van der Waals surface area contributed by atoms with Gasteiger partial charge in [0, 0.05) is 12.1 Å². The highest BCUT2D eigenvalue weighted by molar-refractivity contribution is 6.27. The van der Waals surface area contributed by atoms with Crippen LogP contribution in [0.5, 0.6) is 11.5 Å². The van der Waals surface area contributed by atoms with Crippen molar-refractivity contribution in [2.45, 2.75) is 6.54 Å². The molecule has 0 saturated carbocycles. The second kappa shape index (κ2) is 6.23. The number of carbonyl (C=O) groups is 1. The number of hydrogen-bond donors (Lipinski definition) is 1. The van der Waals surface area contributed by atoms with Crippen LogP contribution < -0.4 is 14.8 Å². The van der Waals surface area contributed by atoms with Crippen LogP contribution in [0.15, 0.2) is 18.2 Å². The molecule has 0 aromatic heterocycles. The molecule has 88 valence electrons. The van der Waals surface area contributed by atoms with Gasteiger partial charge < -0.3 is 14.8 Å². The van der Waals surface area contributed by atoms with E-state index in [0.29, 0.717) is 18.0 Å². The van der Waals surface area contributed by atoms with Gasteiger partial charge >= 0.3 is 0 Å². The Morgan fingerprint density at radius 2 is 2.12 bits per heavy atom. The van der Waals surface area contributed by atoms with Crippen LogP contribution in [0.3, 0.4) is 0 Å². The van der Waals surface area contributed by atoms with Crippen molar-refractivity contribution in [2.75, 3.05) is 20.1 Å². The third-order valence-electron chi connectivity index (χ3n) is 2.08. The molecule has 1 amide bonds. The van der Waals surface area contributed by atoms with Gasteiger partial charge in [-0.3, -0.25) is 4.79 Å². The maximum absolute atomic E-state index is 11.0. The smallest absolute Gasteiger partial charge is 0.235 e. The number of hydrogen-bond acceptors (Lipinski definition) is 3. The molecule has 0 unspecified atom stereocenters. The first-order valence-electron chi connectivity index (χ1n) is 4.75. The summed E-state index contributed by atoms with van der Waals surface area (Å²) in [6.45, 7) is 0.367. The van der Waals surface area contributed by atoms with E-state index in [1.165, 1.54) is 0 Å². The average molecular weight is 244 g/mol. The first-order valence-corrected chi connectivity index (χ1v) is 5.29. The second-order valence-electron chi connectivity index (χ2n) is 3.06. The maximum atomic E-state index is 11.0. The van der Waals surface area contributed by atoms with Gasteiger partial charge in [-0.25, -0.2) is 0 Å². The molecule has 5 heteroatoms. The minimum atomic E-state index is -0.216. The quantitative estimate of drug-likeness (QED) is 0.799. The van der Waals surface area contributed by atoms with Crippen molar-refractivity contribution < 1.29 is 14.3 Å². The number of amides is 1. The van der Waals surface area contributed by atoms with Gasteiger partial charge in [-0.2, -0.15) is 0 Å². The Kier molecular flexibility index (Phi) is 4.92. The summed E-state index contributed by atoms with van der Waals surface area (Å²) < 4.78 is 10.4. The fourth-order valence-corrected chi connectivity index (χ4v) is 1.43. The van der Waals surface area contributed by atoms with Gasteiger partial charge in [0.15, 0.2) is 11.5 Å². The zero-order valence-electron chi connectivity index (χ0n) is 9.25. The van der Waals surface area contributed by atoms with Crippen LogP contribution in [-0.2, 0) is 11.3 Å². The van der Waals surface area contributed by atoms with E-state index in [2.05, 4.69) is 5.32 Å². The minimum Gasteiger partial charge on any atom is -0.493 e. The molecule has 0 aliphatic heterocycles. The molecule has 0 spiro atoms. The van der Waals surface area contributed by atoms with Crippen molar-refractivity contribution in [3.63, 3.8) is 0 Å². The number of nitrogens with one attached hydrogen (secondary N) is 1. The molecule has 0 saturated heterocycles. The first-order chi connectivity index (χ1) is 7.72. The lowest BCUT2D eigenvalue weighted by atomic mass is 10.2. The van der Waals surface area contributed by atoms with Crippen LogP contribution in [0, 0.1) is 0 Å². The monoisotopic (exact) mass is 243 g/mol. The predicted molar refractivity (Wildman–Crippen MR) is 62.1 cm³/mol. The van der Waals surface area contributed by atoms with Crippen LogP contribution in [-0.4, -0.2) is 26.0 Å². The molecule has 16 heavy (non-hydrogen) atoms. The van der Waals surface area contributed by atoms with Crippen LogP contribution in [0.2, 0.25) is 0 Å². The van der Waals surface area contributed by atoms with Crippen molar-refractivity contribution in [1.82, 2.24) is 5.32 Å². The van der Waals surface area contributed by atoms with Crippen LogP contribution >= 0.6 is 11.6 Å². The van der Waals surface area contributed by atoms with Crippen LogP contribution in [0.1, 0.15) is 5.56 Å². The van der Waals surface area contributed by atoms with Crippen molar-refractivity contribution in [1.29, 1.82) is 0 Å². The average Bonchev–Trinajstić information content (AvgIpc) is 2.34. The van der Waals surface area contributed by atoms with E-state index in [-0.39, 0.29) is 11.8 Å². The van der Waals surface area contributed by atoms with Crippen molar-refractivity contribution in [3.05, 3.63) is 23.8 Å². The minimum absolute atomic E-state index is 0.0493. The number of alkyl halides is 1. The summed E-state index contributed by atoms with van der Waals surface area (Å²) in [6, 6.07) is 5.49. The van der Waals surface area contributed by atoms with Gasteiger partial charge in [-0.1, -0.05) is 12.1 Å². The molecule has 0 bridgehead atoms. The Balaban J connectivity index is 2.82. The zero-order valence-corrected chi connectivity index (χ0v) is 10.0. The Morgan fingerprint density at radius 1 is 1.38 bits per heavy atom. The van der Waals surface area contributed by atoms with Crippen LogP contribution in [0.4, 0.5) is 0 Å². The standard InChI is InChI=1S/C11H14ClNO3/c1-15-9-5-3-4-8(11(9)16-2)7-13-10(14)6-12/h3-5H,6-7H2,1-2H3,(H,13,14). The van der Waals surface area contributed by atoms with Gasteiger partial charge in [-0.05, 0) is 6.07 Å². The molecule has 1 aromatic rings. The molecule has 1 N–H and O–H groups in total. The number of rotatable bonds is 5. The molecule has 1 rings (SSSR count). The van der Waals surface area contributed by atoms with Gasteiger partial charge in [0.05, 0.1) is 14.2 Å². The highest BCUT2D eigenvalue weighted by atomic mass is 35.5. The van der Waals surface area contributed by atoms with Gasteiger partial charge in [-0.15, -0.1) is 11.6 Å². The highest BCUT2D eigenvalue weighted by Crippen LogP contribution is 2.30. The van der Waals surface area contributed by atoms with E-state index in [1.54, 1.807) is 20.3 Å². The summed E-state index contributed by atoms with van der Waals surface area (Å²) in [4.78, 5) is 11.0. The summed E-state index contributed by atoms with van der Waals surface area (Å²) in [5, 5.41) is 2.67. The Morgan fingerprint density at radius 3 is 2.69 bits per heavy atom. The van der Waals surface area contributed by atoms with Gasteiger partial charge in [0.1, 0.15) is 5.88 Å². The fraction of sp³-hybridized carbons (Fsp3) is 0.364. The molecule has 1 aromatic carbocycles. The Labute approximate surface area is 99.5 Å². The van der Waals surface area contributed by atoms with E-state index >= 15 is 0 Å². The Hall–Kier alpha value is -1.42. The summed E-state index contributed by atoms with van der Waals surface area (Å²) >= 11 is 5.38. The lowest BCUT2D eigenvalue weighted by Crippen LogP contribution is -2.23. The number of methoxy groups -OCH3 is 2. The molecule has 0 radical (unpaired) electrons. The largest absolute Gasteiger partial charge is 0.493 e. The molecule has 0 heterocycles. The number of benzene rings is 1. The van der Waals surface area contributed by atoms with E-state index in [1.807, 2.05) is 12.1 Å². The van der Waals surface area contributed by atoms with Crippen molar-refractivity contribution in [3.8, 4) is 11.5 Å². The third-order valence-corrected chi connectivity index (χ3v) is 2.32. The third kappa shape index (κ3) is 3.03. The summed E-state index contributed by atoms with van der Waals surface area (Å²) in [5.74, 6) is 0.998. The number of carbonyl (C=O) groups excluding carboxylic acids is 1. The molecule has 0 aliphatic carbocycles. The van der Waals surface area contributed by atoms with Crippen LogP contribution in [0.25, 0.3) is 0 Å². The van der Waals surface area contributed by atoms with E-state index in [0.717, 1.165) is 5.56 Å². The van der Waals surface area contributed by atoms with E-state index in [9.17, 15) is 4.79 Å². The number of ether oxygens (including phenoxy) is 2. The summed E-state index contributed by atoms with van der Waals surface area (Å²) in [7, 11) is 3.13. The maximum Gasteiger partial charge on any atom is 0.235 e. The molecule has 4 nitrogen and oxygen atoms in total. The summed E-state index contributed by atoms with van der Waals surface area (Å²) in [6.07, 6.45) is 0. The zero-order chi connectivity index (χ0) is 12.0. The Bertz CT molecular complexity index is 368. The fourth-order valence-electron chi connectivity index (χ4n) is 1.33. The molecular weight excluding hydrogens is 230 g/mol. The lowest BCUT2D eigenvalue weighted by molar-refractivity contribution is -0.118. The van der Waals surface area contributed by atoms with Crippen molar-refractivity contribution >= 4 is 17.5 Å².